The molecule has 0 spiro atoms. The van der Waals surface area contributed by atoms with Gasteiger partial charge in [0.05, 0.1) is 11.6 Å². The number of carbonyl (C=O) groups is 2. The number of alkyl halides is 3. The van der Waals surface area contributed by atoms with Gasteiger partial charge in [0.1, 0.15) is 25.0 Å². The molecule has 8 nitrogen and oxygen atoms in total. The first kappa shape index (κ1) is 27.6. The van der Waals surface area contributed by atoms with Gasteiger partial charge in [-0.3, -0.25) is 4.68 Å². The number of halogens is 4. The number of nitrogens with zero attached hydrogens (tertiary/aromatic N) is 3. The van der Waals surface area contributed by atoms with Crippen LogP contribution in [0.3, 0.4) is 0 Å². The van der Waals surface area contributed by atoms with Crippen LogP contribution >= 0.6 is 50.7 Å². The molecular formula is C21H25BrCl3N3O5. The third-order valence-electron chi connectivity index (χ3n) is 4.37. The van der Waals surface area contributed by atoms with Gasteiger partial charge in [-0.1, -0.05) is 60.8 Å². The van der Waals surface area contributed by atoms with Gasteiger partial charge in [0.25, 0.3) is 0 Å². The highest BCUT2D eigenvalue weighted by Crippen LogP contribution is 2.31. The molecule has 1 aromatic heterocycles. The smallest absolute Gasteiger partial charge is 0.416 e. The molecule has 0 aliphatic heterocycles. The molecule has 33 heavy (non-hydrogen) atoms. The number of hydrogen-bond acceptors (Lipinski definition) is 6. The highest BCUT2D eigenvalue weighted by atomic mass is 79.9. The Labute approximate surface area is 216 Å². The van der Waals surface area contributed by atoms with E-state index in [9.17, 15) is 9.59 Å². The summed E-state index contributed by atoms with van der Waals surface area (Å²) in [4.78, 5) is 27.4. The number of esters is 1. The Hall–Kier alpha value is -1.68. The van der Waals surface area contributed by atoms with Crippen LogP contribution in [0.5, 0.6) is 5.75 Å². The fourth-order valence-corrected chi connectivity index (χ4v) is 3.64. The lowest BCUT2D eigenvalue weighted by atomic mass is 10.0. The van der Waals surface area contributed by atoms with Crippen molar-refractivity contribution >= 4 is 68.6 Å². The summed E-state index contributed by atoms with van der Waals surface area (Å²) in [6.07, 6.45) is 1.03. The van der Waals surface area contributed by atoms with Crippen LogP contribution in [0.25, 0.3) is 0 Å². The maximum atomic E-state index is 13.2. The Morgan fingerprint density at radius 3 is 2.30 bits per heavy atom. The van der Waals surface area contributed by atoms with Gasteiger partial charge < -0.3 is 14.2 Å². The van der Waals surface area contributed by atoms with Crippen LogP contribution < -0.4 is 9.64 Å². The molecule has 182 valence electrons. The Morgan fingerprint density at radius 1 is 1.18 bits per heavy atom. The van der Waals surface area contributed by atoms with Gasteiger partial charge in [-0.15, -0.1) is 0 Å². The summed E-state index contributed by atoms with van der Waals surface area (Å²) in [7, 11) is 3.25. The summed E-state index contributed by atoms with van der Waals surface area (Å²) in [5, 5.41) is 4.30. The first-order valence-electron chi connectivity index (χ1n) is 9.92. The number of carbonyl (C=O) groups excluding carboxylic acids is 2. The van der Waals surface area contributed by atoms with Crippen molar-refractivity contribution in [2.75, 3.05) is 18.6 Å². The molecule has 1 aromatic carbocycles. The van der Waals surface area contributed by atoms with Crippen molar-refractivity contribution in [1.29, 1.82) is 0 Å². The molecule has 12 heteroatoms. The quantitative estimate of drug-likeness (QED) is 0.279. The second kappa shape index (κ2) is 12.1. The van der Waals surface area contributed by atoms with Crippen LogP contribution in [0.4, 0.5) is 10.6 Å². The third-order valence-corrected chi connectivity index (χ3v) is 5.26. The topological polar surface area (TPSA) is 82.9 Å². The molecule has 0 fully saturated rings. The highest BCUT2D eigenvalue weighted by Gasteiger charge is 2.38. The molecule has 1 amide bonds. The number of methoxy groups -OCH3 is 1. The van der Waals surface area contributed by atoms with Crippen molar-refractivity contribution in [3.8, 4) is 5.75 Å². The Balaban J connectivity index is 2.32. The number of hydrogen-bond donors (Lipinski definition) is 0. The summed E-state index contributed by atoms with van der Waals surface area (Å²) >= 11 is 20.6. The minimum absolute atomic E-state index is 0.0118. The molecule has 0 radical (unpaired) electrons. The van der Waals surface area contributed by atoms with E-state index in [0.717, 1.165) is 10.5 Å². The Kier molecular flexibility index (Phi) is 10.1. The zero-order valence-corrected chi connectivity index (χ0v) is 22.4. The van der Waals surface area contributed by atoms with Crippen molar-refractivity contribution < 1.29 is 23.8 Å². The lowest BCUT2D eigenvalue weighted by Crippen LogP contribution is -2.48. The average Bonchev–Trinajstić information content (AvgIpc) is 3.07. The fourth-order valence-electron chi connectivity index (χ4n) is 2.91. The number of amides is 1. The normalized spacial score (nSPS) is 12.4. The monoisotopic (exact) mass is 583 g/mol. The maximum Gasteiger partial charge on any atom is 0.416 e. The van der Waals surface area contributed by atoms with Crippen molar-refractivity contribution in [3.05, 3.63) is 40.5 Å². The van der Waals surface area contributed by atoms with E-state index < -0.39 is 28.5 Å². The van der Waals surface area contributed by atoms with Crippen molar-refractivity contribution in [2.45, 2.75) is 36.7 Å². The van der Waals surface area contributed by atoms with Gasteiger partial charge in [-0.25, -0.2) is 14.5 Å². The van der Waals surface area contributed by atoms with Crippen LogP contribution in [-0.2, 0) is 27.9 Å². The SMILES string of the molecule is COc1ccc(COC(=O)C(CC(C)C)N(C(=O)OCC(Cl)(Cl)Cl)c2nn(C)cc2Br)cc1. The number of aryl methyl sites for hydroxylation is 1. The van der Waals surface area contributed by atoms with Gasteiger partial charge in [0.15, 0.2) is 5.82 Å². The third kappa shape index (κ3) is 8.55. The van der Waals surface area contributed by atoms with E-state index in [1.54, 1.807) is 44.6 Å². The summed E-state index contributed by atoms with van der Waals surface area (Å²) in [5.74, 6) is 0.280. The minimum atomic E-state index is -1.81. The van der Waals surface area contributed by atoms with E-state index in [2.05, 4.69) is 21.0 Å². The van der Waals surface area contributed by atoms with E-state index in [4.69, 9.17) is 49.0 Å². The Bertz CT molecular complexity index is 948. The predicted molar refractivity (Wildman–Crippen MR) is 131 cm³/mol. The molecule has 0 N–H and O–H groups in total. The summed E-state index contributed by atoms with van der Waals surface area (Å²) < 4.78 is 16.0. The molecular weight excluding hydrogens is 561 g/mol. The van der Waals surface area contributed by atoms with E-state index in [1.807, 2.05) is 13.8 Å². The van der Waals surface area contributed by atoms with E-state index in [0.29, 0.717) is 10.2 Å². The van der Waals surface area contributed by atoms with Crippen LogP contribution in [0.15, 0.2) is 34.9 Å². The van der Waals surface area contributed by atoms with Crippen LogP contribution in [0.2, 0.25) is 0 Å². The van der Waals surface area contributed by atoms with E-state index in [1.165, 1.54) is 4.68 Å². The van der Waals surface area contributed by atoms with Gasteiger partial charge in [0, 0.05) is 13.2 Å². The van der Waals surface area contributed by atoms with Crippen LogP contribution in [0.1, 0.15) is 25.8 Å². The van der Waals surface area contributed by atoms with Crippen molar-refractivity contribution in [2.24, 2.45) is 13.0 Å². The predicted octanol–water partition coefficient (Wildman–Crippen LogP) is 5.66. The summed E-state index contributed by atoms with van der Waals surface area (Å²) in [5.41, 5.74) is 0.761. The van der Waals surface area contributed by atoms with Gasteiger partial charge in [-0.2, -0.15) is 5.10 Å². The second-order valence-corrected chi connectivity index (χ2v) is 11.0. The first-order valence-corrected chi connectivity index (χ1v) is 11.9. The van der Waals surface area contributed by atoms with E-state index >= 15 is 0 Å². The fraction of sp³-hybridized carbons (Fsp3) is 0.476. The molecule has 1 atom stereocenters. The van der Waals surface area contributed by atoms with Gasteiger partial charge >= 0.3 is 12.1 Å². The highest BCUT2D eigenvalue weighted by molar-refractivity contribution is 9.10. The average molecular weight is 586 g/mol. The molecule has 0 saturated heterocycles. The largest absolute Gasteiger partial charge is 0.497 e. The van der Waals surface area contributed by atoms with Crippen LogP contribution in [-0.4, -0.2) is 45.4 Å². The zero-order chi connectivity index (χ0) is 24.8. The molecule has 1 heterocycles. The maximum absolute atomic E-state index is 13.2. The molecule has 0 bridgehead atoms. The molecule has 0 aliphatic carbocycles. The molecule has 1 unspecified atom stereocenters. The van der Waals surface area contributed by atoms with Crippen molar-refractivity contribution in [3.63, 3.8) is 0 Å². The standard InChI is InChI=1S/C21H25BrCl3N3O5/c1-13(2)9-17(19(29)32-11-14-5-7-15(31-4)8-6-14)28(18-16(22)10-27(3)26-18)20(30)33-12-21(23,24)25/h5-8,10,13,17H,9,11-12H2,1-4H3. The van der Waals surface area contributed by atoms with Gasteiger partial charge in [0.2, 0.25) is 3.79 Å². The first-order chi connectivity index (χ1) is 15.4. The summed E-state index contributed by atoms with van der Waals surface area (Å²) in [6, 6.07) is 6.07. The van der Waals surface area contributed by atoms with Gasteiger partial charge in [-0.05, 0) is 46.0 Å². The second-order valence-electron chi connectivity index (χ2n) is 7.62. The molecule has 2 rings (SSSR count). The van der Waals surface area contributed by atoms with Crippen LogP contribution in [0, 0.1) is 5.92 Å². The molecule has 0 aliphatic rings. The number of rotatable bonds is 9. The number of benzene rings is 1. The lowest BCUT2D eigenvalue weighted by molar-refractivity contribution is -0.147. The zero-order valence-electron chi connectivity index (χ0n) is 18.6. The number of anilines is 1. The minimum Gasteiger partial charge on any atom is -0.497 e. The van der Waals surface area contributed by atoms with Crippen molar-refractivity contribution in [1.82, 2.24) is 9.78 Å². The number of ether oxygens (including phenoxy) is 3. The Morgan fingerprint density at radius 2 is 1.82 bits per heavy atom. The molecule has 0 saturated carbocycles. The van der Waals surface area contributed by atoms with E-state index in [-0.39, 0.29) is 24.8 Å². The molecule has 2 aromatic rings. The summed E-state index contributed by atoms with van der Waals surface area (Å²) in [6.45, 7) is 3.34. The lowest BCUT2D eigenvalue weighted by Gasteiger charge is -2.29. The number of aromatic nitrogens is 2.